The van der Waals surface area contributed by atoms with Crippen LogP contribution in [0.5, 0.6) is 0 Å². The van der Waals surface area contributed by atoms with E-state index in [0.29, 0.717) is 5.39 Å². The van der Waals surface area contributed by atoms with Crippen LogP contribution in [0, 0.1) is 0 Å². The fourth-order valence-electron chi connectivity index (χ4n) is 1.83. The Morgan fingerprint density at radius 3 is 2.68 bits per heavy atom. The van der Waals surface area contributed by atoms with E-state index in [-0.39, 0.29) is 23.6 Å². The summed E-state index contributed by atoms with van der Waals surface area (Å²) in [5.74, 6) is -0.225. The Bertz CT molecular complexity index is 668. The molecule has 100 valence electrons. The molecule has 1 aromatic carbocycles. The van der Waals surface area contributed by atoms with Crippen molar-refractivity contribution >= 4 is 16.7 Å². The summed E-state index contributed by atoms with van der Waals surface area (Å²) in [6.07, 6.45) is 1.60. The number of rotatable bonds is 2. The first kappa shape index (κ1) is 13.3. The van der Waals surface area contributed by atoms with Crippen molar-refractivity contribution < 1.29 is 4.79 Å². The number of benzene rings is 1. The molecule has 1 aromatic heterocycles. The number of hydrogen-bond donors (Lipinski definition) is 1. The van der Waals surface area contributed by atoms with Crippen LogP contribution in [0.1, 0.15) is 20.8 Å². The fourth-order valence-corrected chi connectivity index (χ4v) is 1.83. The number of nitrogens with one attached hydrogen (secondary N) is 1. The minimum atomic E-state index is -0.322. The van der Waals surface area contributed by atoms with Crippen molar-refractivity contribution in [2.75, 3.05) is 0 Å². The second-order valence-electron chi connectivity index (χ2n) is 5.49. The lowest BCUT2D eigenvalue weighted by molar-refractivity contribution is -0.123. The van der Waals surface area contributed by atoms with Crippen LogP contribution in [-0.2, 0) is 11.3 Å². The van der Waals surface area contributed by atoms with Crippen molar-refractivity contribution in [1.82, 2.24) is 15.1 Å². The Morgan fingerprint density at radius 2 is 2.00 bits per heavy atom. The van der Waals surface area contributed by atoms with E-state index in [2.05, 4.69) is 10.4 Å². The Morgan fingerprint density at radius 1 is 1.32 bits per heavy atom. The molecule has 5 heteroatoms. The van der Waals surface area contributed by atoms with Crippen LogP contribution >= 0.6 is 0 Å². The SMILES string of the molecule is CC(C)(C)NC(=O)Cn1ncc2ccccc2c1=O. The molecular formula is C14H17N3O2. The molecule has 2 aromatic rings. The third-order valence-corrected chi connectivity index (χ3v) is 2.57. The highest BCUT2D eigenvalue weighted by atomic mass is 16.2. The molecule has 0 aliphatic carbocycles. The Labute approximate surface area is 111 Å². The molecule has 5 nitrogen and oxygen atoms in total. The number of aromatic nitrogens is 2. The van der Waals surface area contributed by atoms with Crippen molar-refractivity contribution in [1.29, 1.82) is 0 Å². The quantitative estimate of drug-likeness (QED) is 0.884. The largest absolute Gasteiger partial charge is 0.350 e. The lowest BCUT2D eigenvalue weighted by Crippen LogP contribution is -2.43. The third-order valence-electron chi connectivity index (χ3n) is 2.57. The predicted octanol–water partition coefficient (Wildman–Crippen LogP) is 1.31. The standard InChI is InChI=1S/C14H17N3O2/c1-14(2,3)16-12(18)9-17-13(19)11-7-5-4-6-10(11)8-15-17/h4-8H,9H2,1-3H3,(H,16,18). The van der Waals surface area contributed by atoms with Crippen LogP contribution in [0.2, 0.25) is 0 Å². The van der Waals surface area contributed by atoms with Gasteiger partial charge < -0.3 is 5.32 Å². The summed E-state index contributed by atoms with van der Waals surface area (Å²) in [5.41, 5.74) is -0.570. The highest BCUT2D eigenvalue weighted by Crippen LogP contribution is 2.06. The zero-order chi connectivity index (χ0) is 14.0. The highest BCUT2D eigenvalue weighted by molar-refractivity contribution is 5.81. The van der Waals surface area contributed by atoms with Gasteiger partial charge in [0.05, 0.1) is 11.6 Å². The van der Waals surface area contributed by atoms with Crippen molar-refractivity contribution in [3.05, 3.63) is 40.8 Å². The van der Waals surface area contributed by atoms with Crippen LogP contribution < -0.4 is 10.9 Å². The van der Waals surface area contributed by atoms with Crippen LogP contribution in [0.3, 0.4) is 0 Å². The van der Waals surface area contributed by atoms with Gasteiger partial charge >= 0.3 is 0 Å². The van der Waals surface area contributed by atoms with Gasteiger partial charge in [-0.3, -0.25) is 9.59 Å². The summed E-state index contributed by atoms with van der Waals surface area (Å²) in [7, 11) is 0. The fraction of sp³-hybridized carbons (Fsp3) is 0.357. The first-order chi connectivity index (χ1) is 8.87. The van der Waals surface area contributed by atoms with Gasteiger partial charge in [0.2, 0.25) is 5.91 Å². The van der Waals surface area contributed by atoms with Gasteiger partial charge in [-0.1, -0.05) is 18.2 Å². The molecule has 2 rings (SSSR count). The summed E-state index contributed by atoms with van der Waals surface area (Å²) >= 11 is 0. The van der Waals surface area contributed by atoms with Crippen molar-refractivity contribution in [2.24, 2.45) is 0 Å². The maximum absolute atomic E-state index is 12.2. The number of hydrogen-bond acceptors (Lipinski definition) is 3. The topological polar surface area (TPSA) is 64.0 Å². The number of amides is 1. The molecule has 1 heterocycles. The van der Waals surface area contributed by atoms with Gasteiger partial charge in [0.15, 0.2) is 0 Å². The zero-order valence-electron chi connectivity index (χ0n) is 11.3. The lowest BCUT2D eigenvalue weighted by Gasteiger charge is -2.20. The second kappa shape index (κ2) is 4.84. The molecule has 0 aliphatic rings. The molecule has 0 fully saturated rings. The van der Waals surface area contributed by atoms with Gasteiger partial charge in [-0.05, 0) is 26.8 Å². The summed E-state index contributed by atoms with van der Waals surface area (Å²) in [6, 6.07) is 7.20. The molecule has 0 spiro atoms. The molecule has 0 saturated carbocycles. The molecule has 0 bridgehead atoms. The number of nitrogens with zero attached hydrogens (tertiary/aromatic N) is 2. The number of carbonyl (C=O) groups is 1. The van der Waals surface area contributed by atoms with E-state index in [1.807, 2.05) is 32.9 Å². The minimum Gasteiger partial charge on any atom is -0.350 e. The van der Waals surface area contributed by atoms with Gasteiger partial charge in [-0.2, -0.15) is 5.10 Å². The second-order valence-corrected chi connectivity index (χ2v) is 5.49. The first-order valence-electron chi connectivity index (χ1n) is 6.13. The molecule has 1 amide bonds. The van der Waals surface area contributed by atoms with Gasteiger partial charge in [-0.25, -0.2) is 4.68 Å². The summed E-state index contributed by atoms with van der Waals surface area (Å²) in [5, 5.41) is 8.17. The van der Waals surface area contributed by atoms with Crippen molar-refractivity contribution in [2.45, 2.75) is 32.9 Å². The van der Waals surface area contributed by atoms with E-state index in [0.717, 1.165) is 5.39 Å². The average Bonchev–Trinajstić information content (AvgIpc) is 2.31. The van der Waals surface area contributed by atoms with Gasteiger partial charge in [-0.15, -0.1) is 0 Å². The Kier molecular flexibility index (Phi) is 3.38. The minimum absolute atomic E-state index is 0.0685. The maximum Gasteiger partial charge on any atom is 0.275 e. The van der Waals surface area contributed by atoms with Crippen molar-refractivity contribution in [3.63, 3.8) is 0 Å². The molecule has 1 N–H and O–H groups in total. The van der Waals surface area contributed by atoms with E-state index in [1.54, 1.807) is 18.3 Å². The third kappa shape index (κ3) is 3.19. The molecular weight excluding hydrogens is 242 g/mol. The zero-order valence-corrected chi connectivity index (χ0v) is 11.3. The first-order valence-corrected chi connectivity index (χ1v) is 6.13. The Hall–Kier alpha value is -2.17. The van der Waals surface area contributed by atoms with Crippen LogP contribution in [0.4, 0.5) is 0 Å². The predicted molar refractivity (Wildman–Crippen MR) is 73.9 cm³/mol. The van der Waals surface area contributed by atoms with Gasteiger partial charge in [0, 0.05) is 10.9 Å². The monoisotopic (exact) mass is 259 g/mol. The average molecular weight is 259 g/mol. The lowest BCUT2D eigenvalue weighted by atomic mass is 10.1. The van der Waals surface area contributed by atoms with Gasteiger partial charge in [0.25, 0.3) is 5.56 Å². The van der Waals surface area contributed by atoms with Crippen molar-refractivity contribution in [3.8, 4) is 0 Å². The van der Waals surface area contributed by atoms with E-state index in [9.17, 15) is 9.59 Å². The number of fused-ring (bicyclic) bond motifs is 1. The van der Waals surface area contributed by atoms with E-state index in [1.165, 1.54) is 4.68 Å². The molecule has 0 saturated heterocycles. The van der Waals surface area contributed by atoms with Crippen LogP contribution in [0.25, 0.3) is 10.8 Å². The smallest absolute Gasteiger partial charge is 0.275 e. The number of carbonyl (C=O) groups excluding carboxylic acids is 1. The maximum atomic E-state index is 12.2. The van der Waals surface area contributed by atoms with E-state index in [4.69, 9.17) is 0 Å². The van der Waals surface area contributed by atoms with Crippen LogP contribution in [-0.4, -0.2) is 21.2 Å². The van der Waals surface area contributed by atoms with Gasteiger partial charge in [0.1, 0.15) is 6.54 Å². The summed E-state index contributed by atoms with van der Waals surface area (Å²) in [6.45, 7) is 5.60. The molecule has 19 heavy (non-hydrogen) atoms. The Balaban J connectivity index is 2.29. The van der Waals surface area contributed by atoms with E-state index >= 15 is 0 Å². The molecule has 0 unspecified atom stereocenters. The highest BCUT2D eigenvalue weighted by Gasteiger charge is 2.15. The molecule has 0 radical (unpaired) electrons. The normalized spacial score (nSPS) is 11.5. The van der Waals surface area contributed by atoms with E-state index < -0.39 is 0 Å². The summed E-state index contributed by atoms with van der Waals surface area (Å²) < 4.78 is 1.18. The van der Waals surface area contributed by atoms with Crippen LogP contribution in [0.15, 0.2) is 35.3 Å². The molecule has 0 atom stereocenters. The summed E-state index contributed by atoms with van der Waals surface area (Å²) in [4.78, 5) is 24.0. The molecule has 0 aliphatic heterocycles.